The number of nitrogens with one attached hydrogen (secondary N) is 1. The Bertz CT molecular complexity index is 244. The molecule has 5 heteroatoms. The Morgan fingerprint density at radius 3 is 2.41 bits per heavy atom. The van der Waals surface area contributed by atoms with Gasteiger partial charge in [-0.05, 0) is 13.3 Å². The Balaban J connectivity index is 4.29. The molecule has 0 rings (SSSR count). The summed E-state index contributed by atoms with van der Waals surface area (Å²) in [7, 11) is 0. The molecule has 0 heterocycles. The summed E-state index contributed by atoms with van der Waals surface area (Å²) in [5.74, 6) is -0.208. The highest BCUT2D eigenvalue weighted by molar-refractivity contribution is 5.79. The monoisotopic (exact) mass is 244 g/mol. The average Bonchev–Trinajstić information content (AvgIpc) is 2.29. The van der Waals surface area contributed by atoms with Gasteiger partial charge in [0.15, 0.2) is 0 Å². The van der Waals surface area contributed by atoms with E-state index in [1.807, 2.05) is 13.8 Å². The van der Waals surface area contributed by atoms with Gasteiger partial charge in [-0.15, -0.1) is 0 Å². The highest BCUT2D eigenvalue weighted by Gasteiger charge is 2.20. The lowest BCUT2D eigenvalue weighted by Gasteiger charge is -2.27. The van der Waals surface area contributed by atoms with Gasteiger partial charge in [-0.25, -0.2) is 0 Å². The van der Waals surface area contributed by atoms with Crippen LogP contribution in [-0.2, 0) is 9.59 Å². The van der Waals surface area contributed by atoms with Crippen molar-refractivity contribution in [3.8, 4) is 0 Å². The third kappa shape index (κ3) is 6.26. The van der Waals surface area contributed by atoms with Crippen LogP contribution in [0, 0.1) is 0 Å². The fourth-order valence-corrected chi connectivity index (χ4v) is 1.56. The van der Waals surface area contributed by atoms with E-state index in [1.54, 1.807) is 6.92 Å². The van der Waals surface area contributed by atoms with Crippen molar-refractivity contribution in [2.24, 2.45) is 0 Å². The summed E-state index contributed by atoms with van der Waals surface area (Å²) in [6.45, 7) is 6.40. The minimum Gasteiger partial charge on any atom is -0.374 e. The van der Waals surface area contributed by atoms with Crippen LogP contribution in [0.25, 0.3) is 0 Å². The van der Waals surface area contributed by atoms with Gasteiger partial charge >= 0.3 is 0 Å². The van der Waals surface area contributed by atoms with Crippen molar-refractivity contribution in [2.45, 2.75) is 52.7 Å². The zero-order chi connectivity index (χ0) is 13.3. The first-order valence-corrected chi connectivity index (χ1v) is 6.30. The third-order valence-corrected chi connectivity index (χ3v) is 2.48. The minimum absolute atomic E-state index is 0.0925. The summed E-state index contributed by atoms with van der Waals surface area (Å²) < 4.78 is 0. The fraction of sp³-hybridized carbons (Fsp3) is 0.833. The molecular weight excluding hydrogens is 220 g/mol. The van der Waals surface area contributed by atoms with Crippen molar-refractivity contribution in [3.63, 3.8) is 0 Å². The van der Waals surface area contributed by atoms with Gasteiger partial charge in [0.2, 0.25) is 11.8 Å². The number of carbonyl (C=O) groups excluding carboxylic acids is 2. The summed E-state index contributed by atoms with van der Waals surface area (Å²) in [6.07, 6.45) is 1.15. The number of aliphatic hydroxyl groups is 1. The lowest BCUT2D eigenvalue weighted by atomic mass is 10.2. The Morgan fingerprint density at radius 1 is 1.29 bits per heavy atom. The maximum Gasteiger partial charge on any atom is 0.224 e. The second-order valence-corrected chi connectivity index (χ2v) is 3.91. The maximum absolute atomic E-state index is 11.6. The predicted octanol–water partition coefficient (Wildman–Crippen LogP) is 0.870. The Labute approximate surface area is 103 Å². The van der Waals surface area contributed by atoms with Gasteiger partial charge in [0, 0.05) is 25.9 Å². The molecule has 0 aromatic rings. The fourth-order valence-electron chi connectivity index (χ4n) is 1.56. The predicted molar refractivity (Wildman–Crippen MR) is 66.2 cm³/mol. The summed E-state index contributed by atoms with van der Waals surface area (Å²) in [5.41, 5.74) is 0. The van der Waals surface area contributed by atoms with E-state index >= 15 is 0 Å². The van der Waals surface area contributed by atoms with E-state index < -0.39 is 6.23 Å². The van der Waals surface area contributed by atoms with Crippen LogP contribution in [0.3, 0.4) is 0 Å². The Morgan fingerprint density at radius 2 is 1.94 bits per heavy atom. The van der Waals surface area contributed by atoms with Gasteiger partial charge in [0.05, 0.1) is 0 Å². The first-order valence-electron chi connectivity index (χ1n) is 6.30. The second kappa shape index (κ2) is 8.98. The SMILES string of the molecule is CCCC(O)N(CCC(=O)NCC)C(=O)CC. The van der Waals surface area contributed by atoms with E-state index in [2.05, 4.69) is 5.32 Å². The van der Waals surface area contributed by atoms with E-state index in [1.165, 1.54) is 4.90 Å². The number of carbonyl (C=O) groups is 2. The number of hydrogen-bond acceptors (Lipinski definition) is 3. The summed E-state index contributed by atoms with van der Waals surface area (Å²) >= 11 is 0. The first-order chi connectivity index (χ1) is 8.06. The van der Waals surface area contributed by atoms with Crippen molar-refractivity contribution in [3.05, 3.63) is 0 Å². The van der Waals surface area contributed by atoms with Crippen LogP contribution in [0.1, 0.15) is 46.5 Å². The van der Waals surface area contributed by atoms with Crippen molar-refractivity contribution in [2.75, 3.05) is 13.1 Å². The number of amides is 2. The smallest absolute Gasteiger partial charge is 0.224 e. The molecule has 0 aliphatic rings. The summed E-state index contributed by atoms with van der Waals surface area (Å²) in [5, 5.41) is 12.5. The van der Waals surface area contributed by atoms with Gasteiger partial charge < -0.3 is 15.3 Å². The molecule has 1 atom stereocenters. The van der Waals surface area contributed by atoms with Gasteiger partial charge in [0.1, 0.15) is 6.23 Å². The molecule has 0 fully saturated rings. The van der Waals surface area contributed by atoms with Crippen molar-refractivity contribution in [1.29, 1.82) is 0 Å². The average molecular weight is 244 g/mol. The summed E-state index contributed by atoms with van der Waals surface area (Å²) in [4.78, 5) is 24.3. The van der Waals surface area contributed by atoms with Crippen LogP contribution in [0.2, 0.25) is 0 Å². The molecule has 2 N–H and O–H groups in total. The topological polar surface area (TPSA) is 69.6 Å². The molecule has 1 unspecified atom stereocenters. The maximum atomic E-state index is 11.6. The molecule has 0 saturated carbocycles. The van der Waals surface area contributed by atoms with Crippen LogP contribution < -0.4 is 5.32 Å². The largest absolute Gasteiger partial charge is 0.374 e. The highest BCUT2D eigenvalue weighted by atomic mass is 16.3. The molecule has 5 nitrogen and oxygen atoms in total. The molecule has 0 bridgehead atoms. The molecule has 17 heavy (non-hydrogen) atoms. The standard InChI is InChI=1S/C12H24N2O3/c1-4-7-12(17)14(11(16)5-2)9-8-10(15)13-6-3/h12,17H,4-9H2,1-3H3,(H,13,15). The van der Waals surface area contributed by atoms with Crippen LogP contribution >= 0.6 is 0 Å². The molecule has 0 spiro atoms. The van der Waals surface area contributed by atoms with Crippen molar-refractivity contribution >= 4 is 11.8 Å². The van der Waals surface area contributed by atoms with Crippen LogP contribution in [0.4, 0.5) is 0 Å². The normalized spacial score (nSPS) is 12.0. The number of rotatable bonds is 8. The van der Waals surface area contributed by atoms with Crippen molar-refractivity contribution in [1.82, 2.24) is 10.2 Å². The second-order valence-electron chi connectivity index (χ2n) is 3.91. The minimum atomic E-state index is -0.776. The molecule has 100 valence electrons. The van der Waals surface area contributed by atoms with E-state index in [0.717, 1.165) is 6.42 Å². The highest BCUT2D eigenvalue weighted by Crippen LogP contribution is 2.07. The number of aliphatic hydroxyl groups excluding tert-OH is 1. The zero-order valence-electron chi connectivity index (χ0n) is 11.0. The third-order valence-electron chi connectivity index (χ3n) is 2.48. The summed E-state index contributed by atoms with van der Waals surface area (Å²) in [6, 6.07) is 0. The van der Waals surface area contributed by atoms with Gasteiger partial charge in [0.25, 0.3) is 0 Å². The van der Waals surface area contributed by atoms with Crippen LogP contribution in [0.5, 0.6) is 0 Å². The van der Waals surface area contributed by atoms with E-state index in [-0.39, 0.29) is 24.8 Å². The first kappa shape index (κ1) is 15.9. The molecule has 0 aliphatic carbocycles. The number of hydrogen-bond donors (Lipinski definition) is 2. The Hall–Kier alpha value is -1.10. The van der Waals surface area contributed by atoms with E-state index in [9.17, 15) is 14.7 Å². The van der Waals surface area contributed by atoms with Gasteiger partial charge in [-0.1, -0.05) is 20.3 Å². The lowest BCUT2D eigenvalue weighted by Crippen LogP contribution is -2.42. The zero-order valence-corrected chi connectivity index (χ0v) is 11.0. The molecule has 0 aliphatic heterocycles. The molecule has 2 amide bonds. The number of nitrogens with zero attached hydrogens (tertiary/aromatic N) is 1. The molecule has 0 aromatic carbocycles. The lowest BCUT2D eigenvalue weighted by molar-refractivity contribution is -0.142. The van der Waals surface area contributed by atoms with Gasteiger partial charge in [-0.3, -0.25) is 9.59 Å². The van der Waals surface area contributed by atoms with E-state index in [4.69, 9.17) is 0 Å². The molecule has 0 saturated heterocycles. The molecule has 0 radical (unpaired) electrons. The van der Waals surface area contributed by atoms with Crippen LogP contribution in [0.15, 0.2) is 0 Å². The molecular formula is C12H24N2O3. The van der Waals surface area contributed by atoms with E-state index in [0.29, 0.717) is 19.4 Å². The van der Waals surface area contributed by atoms with Crippen molar-refractivity contribution < 1.29 is 14.7 Å². The molecule has 0 aromatic heterocycles. The quantitative estimate of drug-likeness (QED) is 0.622. The van der Waals surface area contributed by atoms with Gasteiger partial charge in [-0.2, -0.15) is 0 Å². The Kier molecular flexibility index (Phi) is 8.40. The van der Waals surface area contributed by atoms with Crippen LogP contribution in [-0.4, -0.2) is 41.1 Å².